The molecule has 16 heavy (non-hydrogen) atoms. The van der Waals surface area contributed by atoms with Crippen molar-refractivity contribution >= 4 is 11.8 Å². The fourth-order valence-corrected chi connectivity index (χ4v) is 1.86. The van der Waals surface area contributed by atoms with Crippen LogP contribution >= 0.6 is 11.8 Å². The monoisotopic (exact) mass is 242 g/mol. The van der Waals surface area contributed by atoms with Crippen LogP contribution in [0.15, 0.2) is 23.4 Å². The van der Waals surface area contributed by atoms with E-state index < -0.39 is 6.10 Å². The van der Waals surface area contributed by atoms with E-state index in [4.69, 9.17) is 5.11 Å². The summed E-state index contributed by atoms with van der Waals surface area (Å²) in [5.74, 6) is 0.468. The van der Waals surface area contributed by atoms with Crippen LogP contribution in [0.5, 0.6) is 0 Å². The number of thioether (sulfide) groups is 1. The Labute approximate surface area is 100 Å². The van der Waals surface area contributed by atoms with Gasteiger partial charge in [0, 0.05) is 18.5 Å². The van der Waals surface area contributed by atoms with Crippen molar-refractivity contribution in [1.29, 1.82) is 0 Å². The summed E-state index contributed by atoms with van der Waals surface area (Å²) in [7, 11) is 0. The van der Waals surface area contributed by atoms with Crippen molar-refractivity contribution in [3.63, 3.8) is 0 Å². The summed E-state index contributed by atoms with van der Waals surface area (Å²) in [6.45, 7) is 3.63. The lowest BCUT2D eigenvalue weighted by Gasteiger charge is -2.06. The molecule has 1 heterocycles. The Morgan fingerprint density at radius 2 is 2.31 bits per heavy atom. The third-order valence-corrected chi connectivity index (χ3v) is 3.10. The molecular weight excluding hydrogens is 224 g/mol. The zero-order valence-electron chi connectivity index (χ0n) is 9.39. The summed E-state index contributed by atoms with van der Waals surface area (Å²) in [6.07, 6.45) is 1.16. The Morgan fingerprint density at radius 1 is 1.50 bits per heavy atom. The highest BCUT2D eigenvalue weighted by molar-refractivity contribution is 7.99. The average molecular weight is 242 g/mol. The predicted octanol–water partition coefficient (Wildman–Crippen LogP) is 0.636. The van der Waals surface area contributed by atoms with E-state index >= 15 is 0 Å². The molecule has 0 radical (unpaired) electrons. The molecule has 0 saturated heterocycles. The van der Waals surface area contributed by atoms with Gasteiger partial charge in [0.2, 0.25) is 0 Å². The number of aromatic nitrogens is 1. The first-order valence-corrected chi connectivity index (χ1v) is 6.32. The standard InChI is InChI=1S/C11H18N2O2S/c1-2-12-5-9-3-4-11(13-6-9)16-8-10(15)7-14/h3-4,6,10,12,14-15H,2,5,7-8H2,1H3. The van der Waals surface area contributed by atoms with Gasteiger partial charge in [-0.2, -0.15) is 0 Å². The minimum Gasteiger partial charge on any atom is -0.394 e. The van der Waals surface area contributed by atoms with Gasteiger partial charge in [-0.1, -0.05) is 13.0 Å². The fraction of sp³-hybridized carbons (Fsp3) is 0.545. The maximum Gasteiger partial charge on any atom is 0.0960 e. The summed E-state index contributed by atoms with van der Waals surface area (Å²) in [4.78, 5) is 4.27. The molecule has 0 aromatic carbocycles. The van der Waals surface area contributed by atoms with Crippen LogP contribution in [-0.2, 0) is 6.54 Å². The van der Waals surface area contributed by atoms with E-state index in [1.165, 1.54) is 11.8 Å². The number of aliphatic hydroxyl groups excluding tert-OH is 2. The fourth-order valence-electron chi connectivity index (χ4n) is 1.10. The molecular formula is C11H18N2O2S. The molecule has 4 nitrogen and oxygen atoms in total. The van der Waals surface area contributed by atoms with Gasteiger partial charge in [-0.15, -0.1) is 11.8 Å². The molecule has 0 fully saturated rings. The molecule has 0 amide bonds. The average Bonchev–Trinajstić information content (AvgIpc) is 2.34. The lowest BCUT2D eigenvalue weighted by molar-refractivity contribution is 0.113. The van der Waals surface area contributed by atoms with Crippen molar-refractivity contribution in [3.05, 3.63) is 23.9 Å². The Morgan fingerprint density at radius 3 is 2.88 bits per heavy atom. The van der Waals surface area contributed by atoms with Crippen LogP contribution in [0, 0.1) is 0 Å². The van der Waals surface area contributed by atoms with Gasteiger partial charge in [0.05, 0.1) is 17.7 Å². The van der Waals surface area contributed by atoms with E-state index in [1.807, 2.05) is 18.3 Å². The first-order chi connectivity index (χ1) is 7.76. The van der Waals surface area contributed by atoms with Gasteiger partial charge in [-0.3, -0.25) is 0 Å². The number of nitrogens with one attached hydrogen (secondary N) is 1. The first kappa shape index (κ1) is 13.4. The van der Waals surface area contributed by atoms with E-state index in [9.17, 15) is 5.11 Å². The highest BCUT2D eigenvalue weighted by Gasteiger charge is 2.03. The summed E-state index contributed by atoms with van der Waals surface area (Å²) in [6, 6.07) is 3.95. The van der Waals surface area contributed by atoms with Gasteiger partial charge < -0.3 is 15.5 Å². The molecule has 0 bridgehead atoms. The Kier molecular flexibility index (Phi) is 6.40. The van der Waals surface area contributed by atoms with Crippen molar-refractivity contribution in [3.8, 4) is 0 Å². The number of nitrogens with zero attached hydrogens (tertiary/aromatic N) is 1. The van der Waals surface area contributed by atoms with E-state index in [2.05, 4.69) is 17.2 Å². The molecule has 0 saturated carbocycles. The quantitative estimate of drug-likeness (QED) is 0.612. The Hall–Kier alpha value is -0.620. The Balaban J connectivity index is 2.38. The molecule has 3 N–H and O–H groups in total. The third kappa shape index (κ3) is 4.94. The maximum atomic E-state index is 9.18. The van der Waals surface area contributed by atoms with Crippen LogP contribution in [0.1, 0.15) is 12.5 Å². The van der Waals surface area contributed by atoms with Crippen molar-refractivity contribution < 1.29 is 10.2 Å². The second kappa shape index (κ2) is 7.62. The van der Waals surface area contributed by atoms with Gasteiger partial charge in [0.25, 0.3) is 0 Å². The van der Waals surface area contributed by atoms with Crippen LogP contribution in [-0.4, -0.2) is 40.2 Å². The Bertz CT molecular complexity index is 293. The molecule has 1 aromatic rings. The van der Waals surface area contributed by atoms with Gasteiger partial charge >= 0.3 is 0 Å². The SMILES string of the molecule is CCNCc1ccc(SCC(O)CO)nc1. The normalized spacial score (nSPS) is 12.7. The van der Waals surface area contributed by atoms with Crippen molar-refractivity contribution in [2.24, 2.45) is 0 Å². The number of pyridine rings is 1. The number of hydrogen-bond donors (Lipinski definition) is 3. The van der Waals surface area contributed by atoms with Gasteiger partial charge in [-0.05, 0) is 18.2 Å². The van der Waals surface area contributed by atoms with E-state index in [0.29, 0.717) is 5.75 Å². The molecule has 0 spiro atoms. The molecule has 1 unspecified atom stereocenters. The molecule has 90 valence electrons. The smallest absolute Gasteiger partial charge is 0.0960 e. The number of aliphatic hydroxyl groups is 2. The molecule has 0 aliphatic rings. The summed E-state index contributed by atoms with van der Waals surface area (Å²) >= 11 is 1.44. The van der Waals surface area contributed by atoms with Crippen molar-refractivity contribution in [1.82, 2.24) is 10.3 Å². The minimum atomic E-state index is -0.673. The summed E-state index contributed by atoms with van der Waals surface area (Å²) < 4.78 is 0. The van der Waals surface area contributed by atoms with E-state index in [1.54, 1.807) is 0 Å². The summed E-state index contributed by atoms with van der Waals surface area (Å²) in [5.41, 5.74) is 1.15. The highest BCUT2D eigenvalue weighted by atomic mass is 32.2. The minimum absolute atomic E-state index is 0.203. The van der Waals surface area contributed by atoms with Gasteiger partial charge in [-0.25, -0.2) is 4.98 Å². The molecule has 0 aliphatic carbocycles. The van der Waals surface area contributed by atoms with Crippen molar-refractivity contribution in [2.75, 3.05) is 18.9 Å². The lowest BCUT2D eigenvalue weighted by Crippen LogP contribution is -2.14. The zero-order valence-corrected chi connectivity index (χ0v) is 10.2. The molecule has 1 aromatic heterocycles. The lowest BCUT2D eigenvalue weighted by atomic mass is 10.3. The second-order valence-corrected chi connectivity index (χ2v) is 4.47. The molecule has 5 heteroatoms. The third-order valence-electron chi connectivity index (χ3n) is 2.01. The van der Waals surface area contributed by atoms with Crippen molar-refractivity contribution in [2.45, 2.75) is 24.6 Å². The number of hydrogen-bond acceptors (Lipinski definition) is 5. The zero-order chi connectivity index (χ0) is 11.8. The van der Waals surface area contributed by atoms with Gasteiger partial charge in [0.15, 0.2) is 0 Å². The van der Waals surface area contributed by atoms with Crippen LogP contribution < -0.4 is 5.32 Å². The topological polar surface area (TPSA) is 65.4 Å². The van der Waals surface area contributed by atoms with E-state index in [0.717, 1.165) is 23.7 Å². The van der Waals surface area contributed by atoms with Gasteiger partial charge in [0.1, 0.15) is 0 Å². The predicted molar refractivity (Wildman–Crippen MR) is 65.4 cm³/mol. The molecule has 1 atom stereocenters. The van der Waals surface area contributed by atoms with E-state index in [-0.39, 0.29) is 6.61 Å². The molecule has 1 rings (SSSR count). The largest absolute Gasteiger partial charge is 0.394 e. The van der Waals surface area contributed by atoms with Crippen LogP contribution in [0.2, 0.25) is 0 Å². The van der Waals surface area contributed by atoms with Crippen LogP contribution in [0.3, 0.4) is 0 Å². The van der Waals surface area contributed by atoms with Crippen LogP contribution in [0.4, 0.5) is 0 Å². The second-order valence-electron chi connectivity index (χ2n) is 3.43. The maximum absolute atomic E-state index is 9.18. The summed E-state index contributed by atoms with van der Waals surface area (Å²) in [5, 5.41) is 21.9. The highest BCUT2D eigenvalue weighted by Crippen LogP contribution is 2.16. The first-order valence-electron chi connectivity index (χ1n) is 5.33. The van der Waals surface area contributed by atoms with Crippen LogP contribution in [0.25, 0.3) is 0 Å². The number of rotatable bonds is 7. The molecule has 0 aliphatic heterocycles.